The van der Waals surface area contributed by atoms with Gasteiger partial charge >= 0.3 is 0 Å². The molecule has 5 rings (SSSR count). The molecule has 0 fully saturated rings. The topological polar surface area (TPSA) is 65.7 Å². The number of nitrogens with zero attached hydrogens (tertiary/aromatic N) is 3. The summed E-state index contributed by atoms with van der Waals surface area (Å²) < 4.78 is 13.6. The van der Waals surface area contributed by atoms with Crippen LogP contribution in [-0.4, -0.2) is 23.0 Å². The maximum Gasteiger partial charge on any atom is 0.282 e. The lowest BCUT2D eigenvalue weighted by Gasteiger charge is -2.13. The number of methoxy groups -OCH3 is 1. The summed E-state index contributed by atoms with van der Waals surface area (Å²) in [6, 6.07) is 11.2. The first-order valence-corrected chi connectivity index (χ1v) is 12.8. The van der Waals surface area contributed by atoms with Crippen LogP contribution in [0.2, 0.25) is 5.02 Å². The van der Waals surface area contributed by atoms with Crippen LogP contribution in [0.25, 0.3) is 10.2 Å². The van der Waals surface area contributed by atoms with Gasteiger partial charge in [0.1, 0.15) is 17.8 Å². The Bertz CT molecular complexity index is 1450. The summed E-state index contributed by atoms with van der Waals surface area (Å²) in [5.74, 6) is 1.14. The standard InChI is InChI=1S/C25H21BrClN3O3S/c1-32-20-11-16(10-19(26)23(20)33-13-15-6-8-17(27)9-7-15)12-29-30-14-28-24-22(25(30)31)18-4-2-3-5-21(18)34-24/h6-12,14H,2-5,13H2,1H3/b29-12+. The number of hydrogen-bond donors (Lipinski definition) is 0. The Morgan fingerprint density at radius 2 is 2.03 bits per heavy atom. The monoisotopic (exact) mass is 557 g/mol. The number of fused-ring (bicyclic) bond motifs is 3. The lowest BCUT2D eigenvalue weighted by atomic mass is 9.97. The van der Waals surface area contributed by atoms with Gasteiger partial charge in [0.2, 0.25) is 0 Å². The predicted molar refractivity (Wildman–Crippen MR) is 140 cm³/mol. The Balaban J connectivity index is 1.41. The van der Waals surface area contributed by atoms with Gasteiger partial charge in [-0.3, -0.25) is 4.79 Å². The van der Waals surface area contributed by atoms with Crippen molar-refractivity contribution in [1.29, 1.82) is 0 Å². The van der Waals surface area contributed by atoms with Gasteiger partial charge in [0.15, 0.2) is 11.5 Å². The Hall–Kier alpha value is -2.68. The van der Waals surface area contributed by atoms with E-state index in [1.165, 1.54) is 22.3 Å². The van der Waals surface area contributed by atoms with Crippen LogP contribution in [0, 0.1) is 0 Å². The third-order valence-corrected chi connectivity index (χ3v) is 7.78. The lowest BCUT2D eigenvalue weighted by Crippen LogP contribution is -2.18. The number of thiophene rings is 1. The summed E-state index contributed by atoms with van der Waals surface area (Å²) in [6.07, 6.45) is 7.34. The number of rotatable bonds is 6. The molecule has 0 saturated heterocycles. The zero-order valence-electron chi connectivity index (χ0n) is 18.4. The van der Waals surface area contributed by atoms with Crippen molar-refractivity contribution in [3.8, 4) is 11.5 Å². The highest BCUT2D eigenvalue weighted by Crippen LogP contribution is 2.37. The molecule has 0 aliphatic heterocycles. The molecule has 1 aliphatic carbocycles. The first-order valence-electron chi connectivity index (χ1n) is 10.8. The van der Waals surface area contributed by atoms with E-state index >= 15 is 0 Å². The summed E-state index contributed by atoms with van der Waals surface area (Å²) in [7, 11) is 1.58. The van der Waals surface area contributed by atoms with E-state index in [4.69, 9.17) is 21.1 Å². The van der Waals surface area contributed by atoms with Crippen LogP contribution in [0.5, 0.6) is 11.5 Å². The van der Waals surface area contributed by atoms with Crippen molar-refractivity contribution < 1.29 is 9.47 Å². The first-order chi connectivity index (χ1) is 16.5. The predicted octanol–water partition coefficient (Wildman–Crippen LogP) is 6.22. The minimum Gasteiger partial charge on any atom is -0.493 e. The van der Waals surface area contributed by atoms with E-state index in [0.29, 0.717) is 28.5 Å². The lowest BCUT2D eigenvalue weighted by molar-refractivity contribution is 0.282. The van der Waals surface area contributed by atoms with Crippen LogP contribution in [-0.2, 0) is 19.4 Å². The molecule has 6 nitrogen and oxygen atoms in total. The van der Waals surface area contributed by atoms with E-state index < -0.39 is 0 Å². The fraction of sp³-hybridized carbons (Fsp3) is 0.240. The second-order valence-corrected chi connectivity index (χ2v) is 10.4. The van der Waals surface area contributed by atoms with Gasteiger partial charge in [-0.2, -0.15) is 9.78 Å². The molecule has 0 radical (unpaired) electrons. The highest BCUT2D eigenvalue weighted by molar-refractivity contribution is 9.10. The molecule has 0 N–H and O–H groups in total. The molecule has 4 aromatic rings. The molecule has 2 aromatic heterocycles. The minimum atomic E-state index is -0.130. The van der Waals surface area contributed by atoms with Crippen molar-refractivity contribution in [1.82, 2.24) is 9.66 Å². The molecule has 34 heavy (non-hydrogen) atoms. The number of hydrogen-bond acceptors (Lipinski definition) is 6. The molecule has 0 bridgehead atoms. The van der Waals surface area contributed by atoms with Crippen LogP contribution < -0.4 is 15.0 Å². The Morgan fingerprint density at radius 1 is 1.24 bits per heavy atom. The normalized spacial score (nSPS) is 13.4. The van der Waals surface area contributed by atoms with Crippen LogP contribution in [0.4, 0.5) is 0 Å². The van der Waals surface area contributed by atoms with E-state index in [9.17, 15) is 4.79 Å². The maximum absolute atomic E-state index is 13.1. The van der Waals surface area contributed by atoms with Crippen molar-refractivity contribution in [3.05, 3.63) is 84.1 Å². The summed E-state index contributed by atoms with van der Waals surface area (Å²) in [5, 5.41) is 5.79. The molecule has 0 saturated carbocycles. The molecule has 174 valence electrons. The summed E-state index contributed by atoms with van der Waals surface area (Å²) >= 11 is 11.1. The zero-order valence-corrected chi connectivity index (χ0v) is 21.5. The van der Waals surface area contributed by atoms with Gasteiger partial charge in [0.05, 0.1) is 23.2 Å². The average Bonchev–Trinajstić information content (AvgIpc) is 3.23. The van der Waals surface area contributed by atoms with Crippen molar-refractivity contribution >= 4 is 55.3 Å². The fourth-order valence-corrected chi connectivity index (χ4v) is 5.96. The second kappa shape index (κ2) is 9.90. The maximum atomic E-state index is 13.1. The molecule has 1 aliphatic rings. The van der Waals surface area contributed by atoms with Gasteiger partial charge in [-0.15, -0.1) is 11.3 Å². The molecule has 2 aromatic carbocycles. The van der Waals surface area contributed by atoms with Crippen LogP contribution in [0.3, 0.4) is 0 Å². The van der Waals surface area contributed by atoms with E-state index in [1.54, 1.807) is 24.7 Å². The van der Waals surface area contributed by atoms with E-state index in [2.05, 4.69) is 26.0 Å². The van der Waals surface area contributed by atoms with Gasteiger partial charge in [-0.25, -0.2) is 4.98 Å². The third kappa shape index (κ3) is 4.62. The average molecular weight is 559 g/mol. The third-order valence-electron chi connectivity index (χ3n) is 5.74. The quantitative estimate of drug-likeness (QED) is 0.264. The number of benzene rings is 2. The fourth-order valence-electron chi connectivity index (χ4n) is 4.04. The van der Waals surface area contributed by atoms with Crippen LogP contribution in [0.15, 0.2) is 57.1 Å². The summed E-state index contributed by atoms with van der Waals surface area (Å²) in [6.45, 7) is 0.367. The van der Waals surface area contributed by atoms with E-state index in [-0.39, 0.29) is 5.56 Å². The summed E-state index contributed by atoms with van der Waals surface area (Å²) in [4.78, 5) is 19.7. The van der Waals surface area contributed by atoms with Crippen molar-refractivity contribution in [3.63, 3.8) is 0 Å². The second-order valence-electron chi connectivity index (χ2n) is 7.98. The van der Waals surface area contributed by atoms with Gasteiger partial charge in [0, 0.05) is 9.90 Å². The largest absolute Gasteiger partial charge is 0.493 e. The van der Waals surface area contributed by atoms with Gasteiger partial charge < -0.3 is 9.47 Å². The Kier molecular flexibility index (Phi) is 6.72. The van der Waals surface area contributed by atoms with Crippen LogP contribution in [0.1, 0.15) is 34.4 Å². The smallest absolute Gasteiger partial charge is 0.282 e. The molecule has 0 atom stereocenters. The zero-order chi connectivity index (χ0) is 23.7. The SMILES string of the molecule is COc1cc(/C=N/n2cnc3sc4c(c3c2=O)CCCC4)cc(Br)c1OCc1ccc(Cl)cc1. The van der Waals surface area contributed by atoms with Crippen molar-refractivity contribution in [2.45, 2.75) is 32.3 Å². The van der Waals surface area contributed by atoms with Crippen molar-refractivity contribution in [2.75, 3.05) is 7.11 Å². The number of aromatic nitrogens is 2. The van der Waals surface area contributed by atoms with Crippen molar-refractivity contribution in [2.24, 2.45) is 5.10 Å². The van der Waals surface area contributed by atoms with E-state index in [1.807, 2.05) is 36.4 Å². The molecule has 0 unspecified atom stereocenters. The van der Waals surface area contributed by atoms with Gasteiger partial charge in [-0.1, -0.05) is 23.7 Å². The number of halogens is 2. The van der Waals surface area contributed by atoms with Gasteiger partial charge in [-0.05, 0) is 82.6 Å². The molecule has 9 heteroatoms. The highest BCUT2D eigenvalue weighted by atomic mass is 79.9. The molecule has 2 heterocycles. The summed E-state index contributed by atoms with van der Waals surface area (Å²) in [5.41, 5.74) is 2.76. The number of ether oxygens (including phenoxy) is 2. The molecular formula is C25H21BrClN3O3S. The van der Waals surface area contributed by atoms with Gasteiger partial charge in [0.25, 0.3) is 5.56 Å². The molecule has 0 spiro atoms. The molecular weight excluding hydrogens is 538 g/mol. The minimum absolute atomic E-state index is 0.130. The van der Waals surface area contributed by atoms with E-state index in [0.717, 1.165) is 45.3 Å². The number of aryl methyl sites for hydroxylation is 2. The van der Waals surface area contributed by atoms with Crippen LogP contribution >= 0.6 is 38.9 Å². The highest BCUT2D eigenvalue weighted by Gasteiger charge is 2.20. The Labute approximate surface area is 213 Å². The Morgan fingerprint density at radius 3 is 2.82 bits per heavy atom. The first kappa shape index (κ1) is 23.1. The molecule has 0 amide bonds.